The molecule has 0 unspecified atom stereocenters. The summed E-state index contributed by atoms with van der Waals surface area (Å²) in [5.74, 6) is 1.14. The molecule has 150 valence electrons. The third kappa shape index (κ3) is 3.75. The third-order valence-electron chi connectivity index (χ3n) is 6.49. The Morgan fingerprint density at radius 1 is 1.25 bits per heavy atom. The van der Waals surface area contributed by atoms with Crippen LogP contribution in [0.15, 0.2) is 46.9 Å². The summed E-state index contributed by atoms with van der Waals surface area (Å²) in [5, 5.41) is 1.22. The monoisotopic (exact) mass is 395 g/mol. The van der Waals surface area contributed by atoms with E-state index in [1.807, 2.05) is 24.4 Å². The number of hydrogen-bond donors (Lipinski definition) is 1. The van der Waals surface area contributed by atoms with Crippen LogP contribution in [0.1, 0.15) is 63.4 Å². The molecule has 1 N–H and O–H groups in total. The van der Waals surface area contributed by atoms with Crippen LogP contribution in [0.4, 0.5) is 0 Å². The Morgan fingerprint density at radius 2 is 1.96 bits per heavy atom. The van der Waals surface area contributed by atoms with E-state index in [1.54, 1.807) is 0 Å². The lowest BCUT2D eigenvalue weighted by Crippen LogP contribution is -2.40. The quantitative estimate of drug-likeness (QED) is 0.440. The minimum atomic E-state index is -1.88. The first-order valence-corrected chi connectivity index (χ1v) is 13.1. The first kappa shape index (κ1) is 20.7. The molecule has 0 fully saturated rings. The number of hydrogen-bond acceptors (Lipinski definition) is 2. The molecule has 3 nitrogen and oxygen atoms in total. The van der Waals surface area contributed by atoms with Crippen molar-refractivity contribution in [1.82, 2.24) is 4.98 Å². The third-order valence-corrected chi connectivity index (χ3v) is 10.8. The van der Waals surface area contributed by atoms with E-state index in [1.165, 1.54) is 22.3 Å². The van der Waals surface area contributed by atoms with Gasteiger partial charge in [0, 0.05) is 22.7 Å². The Bertz CT molecular complexity index is 970. The minimum absolute atomic E-state index is 0.178. The number of benzene rings is 1. The lowest BCUT2D eigenvalue weighted by molar-refractivity contribution is 0.112. The highest BCUT2D eigenvalue weighted by molar-refractivity contribution is 6.74. The molecule has 0 aliphatic heterocycles. The van der Waals surface area contributed by atoms with Crippen molar-refractivity contribution in [3.05, 3.63) is 58.0 Å². The second kappa shape index (κ2) is 7.40. The maximum absolute atomic E-state index is 11.5. The number of carbonyl (C=O) groups is 1. The molecular formula is C24H33NO2Si. The number of rotatable bonds is 5. The summed E-state index contributed by atoms with van der Waals surface area (Å²) in [4.78, 5) is 14.8. The van der Waals surface area contributed by atoms with Gasteiger partial charge < -0.3 is 9.41 Å². The number of fused-ring (bicyclic) bond motifs is 1. The van der Waals surface area contributed by atoms with Crippen LogP contribution in [0, 0.1) is 0 Å². The van der Waals surface area contributed by atoms with Crippen molar-refractivity contribution in [2.24, 2.45) is 0 Å². The van der Waals surface area contributed by atoms with E-state index in [4.69, 9.17) is 4.43 Å². The fraction of sp³-hybridized carbons (Fsp3) is 0.458. The highest BCUT2D eigenvalue weighted by Crippen LogP contribution is 2.43. The zero-order valence-corrected chi connectivity index (χ0v) is 19.3. The van der Waals surface area contributed by atoms with E-state index in [-0.39, 0.29) is 5.04 Å². The van der Waals surface area contributed by atoms with Crippen molar-refractivity contribution in [3.63, 3.8) is 0 Å². The highest BCUT2D eigenvalue weighted by Gasteiger charge is 2.40. The average Bonchev–Trinajstić information content (AvgIpc) is 3.18. The van der Waals surface area contributed by atoms with Gasteiger partial charge in [0.25, 0.3) is 0 Å². The molecule has 0 saturated carbocycles. The van der Waals surface area contributed by atoms with Crippen LogP contribution in [0.5, 0.6) is 0 Å². The van der Waals surface area contributed by atoms with Crippen molar-refractivity contribution in [3.8, 4) is 0 Å². The van der Waals surface area contributed by atoms with Crippen LogP contribution in [-0.2, 0) is 10.8 Å². The molecule has 0 spiro atoms. The Kier molecular flexibility index (Phi) is 5.46. The Labute approximate surface area is 170 Å². The molecule has 28 heavy (non-hydrogen) atoms. The molecule has 0 amide bonds. The van der Waals surface area contributed by atoms with E-state index >= 15 is 0 Å². The molecular weight excluding hydrogens is 362 g/mol. The fourth-order valence-corrected chi connectivity index (χ4v) is 4.79. The average molecular weight is 396 g/mol. The summed E-state index contributed by atoms with van der Waals surface area (Å²) in [5.41, 5.74) is 7.02. The lowest BCUT2D eigenvalue weighted by Gasteiger charge is -2.37. The van der Waals surface area contributed by atoms with Gasteiger partial charge in [-0.25, -0.2) is 0 Å². The van der Waals surface area contributed by atoms with Crippen LogP contribution in [-0.4, -0.2) is 19.6 Å². The zero-order valence-electron chi connectivity index (χ0n) is 18.3. The standard InChI is InChI=1S/C24H33NO2Si/c1-16-11-12-20(23(16)27-28(6,7)24(3,4)5)17(2)13-19-14-25-21-10-8-9-18(15-26)22(19)21/h8-10,14-15,25H,11-13H2,1-7H3/b20-17-. The molecule has 3 rings (SSSR count). The zero-order chi connectivity index (χ0) is 20.7. The second-order valence-electron chi connectivity index (χ2n) is 9.61. The van der Waals surface area contributed by atoms with Crippen molar-refractivity contribution in [1.29, 1.82) is 0 Å². The van der Waals surface area contributed by atoms with Crippen molar-refractivity contribution >= 4 is 25.5 Å². The molecule has 0 saturated heterocycles. The summed E-state index contributed by atoms with van der Waals surface area (Å²) in [6.45, 7) is 15.9. The number of allylic oxidation sites excluding steroid dienone is 3. The number of H-pyrrole nitrogens is 1. The summed E-state index contributed by atoms with van der Waals surface area (Å²) < 4.78 is 6.76. The topological polar surface area (TPSA) is 42.1 Å². The van der Waals surface area contributed by atoms with Crippen LogP contribution in [0.25, 0.3) is 10.9 Å². The smallest absolute Gasteiger partial charge is 0.250 e. The fourth-order valence-electron chi connectivity index (χ4n) is 3.68. The molecule has 1 aromatic carbocycles. The second-order valence-corrected chi connectivity index (χ2v) is 14.3. The van der Waals surface area contributed by atoms with Gasteiger partial charge >= 0.3 is 0 Å². The number of aromatic amines is 1. The predicted molar refractivity (Wildman–Crippen MR) is 120 cm³/mol. The minimum Gasteiger partial charge on any atom is -0.543 e. The Morgan fingerprint density at radius 3 is 2.61 bits per heavy atom. The first-order valence-electron chi connectivity index (χ1n) is 10.2. The SMILES string of the molecule is CC1=C(O[Si](C)(C)C(C)(C)C)/C(=C(/C)Cc2c[nH]c3cccc(C=O)c23)CC1. The predicted octanol–water partition coefficient (Wildman–Crippen LogP) is 6.93. The van der Waals surface area contributed by atoms with Gasteiger partial charge in [-0.2, -0.15) is 0 Å². The molecule has 1 aliphatic rings. The van der Waals surface area contributed by atoms with Gasteiger partial charge in [0.1, 0.15) is 5.76 Å². The van der Waals surface area contributed by atoms with E-state index in [0.717, 1.165) is 47.8 Å². The number of aldehydes is 1. The summed E-state index contributed by atoms with van der Waals surface area (Å²) in [7, 11) is -1.88. The maximum atomic E-state index is 11.5. The molecule has 1 aliphatic carbocycles. The summed E-state index contributed by atoms with van der Waals surface area (Å²) >= 11 is 0. The van der Waals surface area contributed by atoms with E-state index in [0.29, 0.717) is 0 Å². The van der Waals surface area contributed by atoms with E-state index in [2.05, 4.69) is 52.7 Å². The number of carbonyl (C=O) groups excluding carboxylic acids is 1. The van der Waals surface area contributed by atoms with Crippen LogP contribution in [0.3, 0.4) is 0 Å². The molecule has 0 radical (unpaired) electrons. The van der Waals surface area contributed by atoms with Gasteiger partial charge in [0.2, 0.25) is 8.32 Å². The Hall–Kier alpha value is -2.07. The van der Waals surface area contributed by atoms with Crippen molar-refractivity contribution in [2.75, 3.05) is 0 Å². The Balaban J connectivity index is 1.96. The highest BCUT2D eigenvalue weighted by atomic mass is 28.4. The number of aromatic nitrogens is 1. The maximum Gasteiger partial charge on any atom is 0.250 e. The molecule has 0 atom stereocenters. The number of nitrogens with one attached hydrogen (secondary N) is 1. The molecule has 4 heteroatoms. The molecule has 1 heterocycles. The van der Waals surface area contributed by atoms with Crippen molar-refractivity contribution < 1.29 is 9.22 Å². The summed E-state index contributed by atoms with van der Waals surface area (Å²) in [6, 6.07) is 5.84. The largest absolute Gasteiger partial charge is 0.543 e. The summed E-state index contributed by atoms with van der Waals surface area (Å²) in [6.07, 6.45) is 5.95. The van der Waals surface area contributed by atoms with Gasteiger partial charge in [-0.3, -0.25) is 4.79 Å². The van der Waals surface area contributed by atoms with Crippen LogP contribution < -0.4 is 0 Å². The van der Waals surface area contributed by atoms with Crippen molar-refractivity contribution in [2.45, 2.75) is 72.0 Å². The van der Waals surface area contributed by atoms with E-state index in [9.17, 15) is 4.79 Å². The lowest BCUT2D eigenvalue weighted by atomic mass is 9.98. The van der Waals surface area contributed by atoms with Gasteiger partial charge in [0.15, 0.2) is 6.29 Å². The van der Waals surface area contributed by atoms with Gasteiger partial charge in [-0.1, -0.05) is 38.5 Å². The first-order chi connectivity index (χ1) is 13.0. The normalized spacial score (nSPS) is 17.4. The molecule has 0 bridgehead atoms. The van der Waals surface area contributed by atoms with Crippen LogP contribution in [0.2, 0.25) is 18.1 Å². The van der Waals surface area contributed by atoms with Gasteiger partial charge in [-0.05, 0) is 74.0 Å². The van der Waals surface area contributed by atoms with Gasteiger partial charge in [0.05, 0.1) is 0 Å². The molecule has 2 aromatic rings. The van der Waals surface area contributed by atoms with Gasteiger partial charge in [-0.15, -0.1) is 0 Å². The van der Waals surface area contributed by atoms with Crippen LogP contribution >= 0.6 is 0 Å². The van der Waals surface area contributed by atoms with E-state index < -0.39 is 8.32 Å². The molecule has 1 aromatic heterocycles.